The van der Waals surface area contributed by atoms with Crippen LogP contribution in [0.25, 0.3) is 27.7 Å². The molecule has 0 radical (unpaired) electrons. The fourth-order valence-corrected chi connectivity index (χ4v) is 5.09. The smallest absolute Gasteiger partial charge is 0.304 e. The minimum absolute atomic E-state index is 0.0240. The van der Waals surface area contributed by atoms with Crippen LogP contribution in [0, 0.1) is 0 Å². The van der Waals surface area contributed by atoms with Gasteiger partial charge in [-0.25, -0.2) is 0 Å². The zero-order chi connectivity index (χ0) is 27.4. The number of aromatic nitrogens is 1. The Kier molecular flexibility index (Phi) is 8.42. The zero-order valence-corrected chi connectivity index (χ0v) is 22.8. The van der Waals surface area contributed by atoms with Crippen LogP contribution in [0.3, 0.4) is 0 Å². The number of carboxylic acids is 1. The van der Waals surface area contributed by atoms with E-state index in [1.165, 1.54) is 22.1 Å². The number of aliphatic carboxylic acids is 1. The van der Waals surface area contributed by atoms with Crippen LogP contribution in [0.5, 0.6) is 11.5 Å². The number of nitrogens with one attached hydrogen (secondary N) is 1. The second-order valence-electron chi connectivity index (χ2n) is 10.1. The van der Waals surface area contributed by atoms with E-state index in [0.29, 0.717) is 37.1 Å². The van der Waals surface area contributed by atoms with Gasteiger partial charge in [-0.3, -0.25) is 14.5 Å². The number of hydrogen-bond donors (Lipinski definition) is 2. The van der Waals surface area contributed by atoms with Gasteiger partial charge >= 0.3 is 5.97 Å². The quantitative estimate of drug-likeness (QED) is 0.392. The van der Waals surface area contributed by atoms with Gasteiger partial charge in [0.15, 0.2) is 11.5 Å². The summed E-state index contributed by atoms with van der Waals surface area (Å²) in [4.78, 5) is 30.7. The summed E-state index contributed by atoms with van der Waals surface area (Å²) in [6.07, 6.45) is 2.94. The third kappa shape index (κ3) is 5.86. The number of methoxy groups -OCH3 is 2. The normalized spacial score (nSPS) is 13.8. The Morgan fingerprint density at radius 3 is 2.45 bits per heavy atom. The molecule has 3 aromatic rings. The summed E-state index contributed by atoms with van der Waals surface area (Å²) in [6.45, 7) is 6.20. The fourth-order valence-electron chi connectivity index (χ4n) is 5.09. The maximum Gasteiger partial charge on any atom is 0.304 e. The van der Waals surface area contributed by atoms with Gasteiger partial charge in [0.05, 0.1) is 32.9 Å². The number of nitrogens with zero attached hydrogens (tertiary/aromatic N) is 2. The molecule has 0 fully saturated rings. The molecule has 0 bridgehead atoms. The highest BCUT2D eigenvalue weighted by Gasteiger charge is 2.22. The molecule has 202 valence electrons. The van der Waals surface area contributed by atoms with E-state index in [2.05, 4.69) is 43.1 Å². The molecule has 1 aliphatic heterocycles. The van der Waals surface area contributed by atoms with Crippen LogP contribution in [-0.4, -0.2) is 79.2 Å². The van der Waals surface area contributed by atoms with Crippen LogP contribution in [0.15, 0.2) is 42.5 Å². The second kappa shape index (κ2) is 11.7. The zero-order valence-electron chi connectivity index (χ0n) is 22.8. The summed E-state index contributed by atoms with van der Waals surface area (Å²) in [5, 5.41) is 10.1. The molecule has 2 heterocycles. The predicted octanol–water partition coefficient (Wildman–Crippen LogP) is 5.00. The number of carbonyl (C=O) groups excluding carboxylic acids is 1. The number of fused-ring (bicyclic) bond motifs is 1. The van der Waals surface area contributed by atoms with E-state index in [0.717, 1.165) is 23.2 Å². The Morgan fingerprint density at radius 1 is 1.08 bits per heavy atom. The predicted molar refractivity (Wildman–Crippen MR) is 150 cm³/mol. The number of likely N-dealkylation sites (N-methyl/N-ethyl adjacent to an activating group) is 1. The van der Waals surface area contributed by atoms with Gasteiger partial charge in [0.1, 0.15) is 0 Å². The van der Waals surface area contributed by atoms with Crippen LogP contribution in [0.1, 0.15) is 43.7 Å². The number of hydrogen-bond acceptors (Lipinski definition) is 5. The van der Waals surface area contributed by atoms with Gasteiger partial charge < -0.3 is 24.5 Å². The summed E-state index contributed by atoms with van der Waals surface area (Å²) in [5.41, 5.74) is 6.87. The SMILES string of the molecule is COc1ccc(-c2[nH]c3ccc(C4=CCN(C(=O)CN(C)CCC(=O)O)CC4)cc3c2C(C)C)cc1OC. The van der Waals surface area contributed by atoms with Crippen molar-refractivity contribution in [2.45, 2.75) is 32.6 Å². The first-order chi connectivity index (χ1) is 18.2. The van der Waals surface area contributed by atoms with Crippen molar-refractivity contribution in [2.24, 2.45) is 0 Å². The summed E-state index contributed by atoms with van der Waals surface area (Å²) >= 11 is 0. The van der Waals surface area contributed by atoms with Crippen molar-refractivity contribution in [2.75, 3.05) is 47.4 Å². The van der Waals surface area contributed by atoms with E-state index in [4.69, 9.17) is 14.6 Å². The third-order valence-corrected chi connectivity index (χ3v) is 7.13. The molecule has 8 heteroatoms. The lowest BCUT2D eigenvalue weighted by Crippen LogP contribution is -2.41. The maximum atomic E-state index is 12.7. The van der Waals surface area contributed by atoms with E-state index in [-0.39, 0.29) is 18.9 Å². The molecule has 0 aliphatic carbocycles. The molecule has 0 saturated heterocycles. The molecule has 2 N–H and O–H groups in total. The van der Waals surface area contributed by atoms with Gasteiger partial charge in [-0.2, -0.15) is 0 Å². The van der Waals surface area contributed by atoms with E-state index < -0.39 is 5.97 Å². The highest BCUT2D eigenvalue weighted by molar-refractivity contribution is 5.94. The first-order valence-electron chi connectivity index (χ1n) is 13.0. The van der Waals surface area contributed by atoms with E-state index >= 15 is 0 Å². The maximum absolute atomic E-state index is 12.7. The van der Waals surface area contributed by atoms with Gasteiger partial charge in [0.25, 0.3) is 0 Å². The van der Waals surface area contributed by atoms with Crippen molar-refractivity contribution in [3.8, 4) is 22.8 Å². The first kappa shape index (κ1) is 27.3. The van der Waals surface area contributed by atoms with Crippen LogP contribution < -0.4 is 9.47 Å². The molecule has 1 aromatic heterocycles. The lowest BCUT2D eigenvalue weighted by Gasteiger charge is -2.28. The Balaban J connectivity index is 1.57. The van der Waals surface area contributed by atoms with E-state index in [1.54, 1.807) is 26.2 Å². The average molecular weight is 520 g/mol. The Labute approximate surface area is 223 Å². The number of rotatable bonds is 10. The summed E-state index contributed by atoms with van der Waals surface area (Å²) in [5.74, 6) is 0.860. The molecule has 0 unspecified atom stereocenters. The van der Waals surface area contributed by atoms with Crippen LogP contribution in [0.2, 0.25) is 0 Å². The van der Waals surface area contributed by atoms with Gasteiger partial charge in [0.2, 0.25) is 5.91 Å². The lowest BCUT2D eigenvalue weighted by molar-refractivity contribution is -0.138. The van der Waals surface area contributed by atoms with Crippen molar-refractivity contribution in [1.29, 1.82) is 0 Å². The Bertz CT molecular complexity index is 1360. The Hall–Kier alpha value is -3.78. The van der Waals surface area contributed by atoms with Crippen molar-refractivity contribution in [3.05, 3.63) is 53.6 Å². The van der Waals surface area contributed by atoms with Gasteiger partial charge in [-0.1, -0.05) is 26.0 Å². The van der Waals surface area contributed by atoms with Crippen molar-refractivity contribution in [3.63, 3.8) is 0 Å². The highest BCUT2D eigenvalue weighted by atomic mass is 16.5. The number of carboxylic acid groups (broad SMARTS) is 1. The van der Waals surface area contributed by atoms with Crippen LogP contribution >= 0.6 is 0 Å². The van der Waals surface area contributed by atoms with Crippen molar-refractivity contribution >= 4 is 28.4 Å². The van der Waals surface area contributed by atoms with E-state index in [9.17, 15) is 9.59 Å². The van der Waals surface area contributed by atoms with Crippen molar-refractivity contribution < 1.29 is 24.2 Å². The minimum atomic E-state index is -0.856. The van der Waals surface area contributed by atoms with Gasteiger partial charge in [-0.15, -0.1) is 0 Å². The average Bonchev–Trinajstić information content (AvgIpc) is 3.30. The number of aromatic amines is 1. The minimum Gasteiger partial charge on any atom is -0.493 e. The molecule has 0 saturated carbocycles. The topological polar surface area (TPSA) is 95.1 Å². The molecule has 0 spiro atoms. The van der Waals surface area contributed by atoms with Gasteiger partial charge in [-0.05, 0) is 66.4 Å². The van der Waals surface area contributed by atoms with E-state index in [1.807, 2.05) is 23.1 Å². The molecule has 0 atom stereocenters. The molecular weight excluding hydrogens is 482 g/mol. The first-order valence-corrected chi connectivity index (χ1v) is 13.0. The lowest BCUT2D eigenvalue weighted by atomic mass is 9.93. The number of benzene rings is 2. The molecular formula is C30H37N3O5. The van der Waals surface area contributed by atoms with Crippen molar-refractivity contribution in [1.82, 2.24) is 14.8 Å². The monoisotopic (exact) mass is 519 g/mol. The number of amides is 1. The summed E-state index contributed by atoms with van der Waals surface area (Å²) in [7, 11) is 5.06. The molecule has 1 aliphatic rings. The second-order valence-corrected chi connectivity index (χ2v) is 10.1. The van der Waals surface area contributed by atoms with Crippen LogP contribution in [-0.2, 0) is 9.59 Å². The number of ether oxygens (including phenoxy) is 2. The fraction of sp³-hybridized carbons (Fsp3) is 0.400. The largest absolute Gasteiger partial charge is 0.493 e. The summed E-state index contributed by atoms with van der Waals surface area (Å²) in [6, 6.07) is 12.5. The molecule has 38 heavy (non-hydrogen) atoms. The molecule has 8 nitrogen and oxygen atoms in total. The molecule has 1 amide bonds. The van der Waals surface area contributed by atoms with Crippen LogP contribution in [0.4, 0.5) is 0 Å². The highest BCUT2D eigenvalue weighted by Crippen LogP contribution is 2.40. The number of carbonyl (C=O) groups is 2. The molecule has 4 rings (SSSR count). The number of H-pyrrole nitrogens is 1. The molecule has 2 aromatic carbocycles. The summed E-state index contributed by atoms with van der Waals surface area (Å²) < 4.78 is 11.0. The Morgan fingerprint density at radius 2 is 1.82 bits per heavy atom. The third-order valence-electron chi connectivity index (χ3n) is 7.13. The standard InChI is InChI=1S/C30H37N3O5/c1-19(2)29-23-16-21(20-10-14-33(15-11-20)27(34)18-32(3)13-12-28(35)36)6-8-24(23)31-30(29)22-7-9-25(37-4)26(17-22)38-5/h6-10,16-17,19,31H,11-15,18H2,1-5H3,(H,35,36). The van der Waals surface area contributed by atoms with Gasteiger partial charge in [0, 0.05) is 36.1 Å².